The number of amides is 1. The zero-order chi connectivity index (χ0) is 14.5. The highest BCUT2D eigenvalue weighted by Crippen LogP contribution is 2.24. The maximum atomic E-state index is 12.1. The van der Waals surface area contributed by atoms with Crippen molar-refractivity contribution in [3.8, 4) is 6.07 Å². The van der Waals surface area contributed by atoms with Gasteiger partial charge in [-0.25, -0.2) is 4.98 Å². The second kappa shape index (κ2) is 6.17. The van der Waals surface area contributed by atoms with E-state index in [2.05, 4.69) is 31.5 Å². The van der Waals surface area contributed by atoms with E-state index in [1.54, 1.807) is 37.4 Å². The molecule has 0 atom stereocenters. The molecule has 0 fully saturated rings. The van der Waals surface area contributed by atoms with Crippen LogP contribution in [0.3, 0.4) is 0 Å². The highest BCUT2D eigenvalue weighted by Gasteiger charge is 2.09. The van der Waals surface area contributed by atoms with Gasteiger partial charge in [-0.1, -0.05) is 0 Å². The Labute approximate surface area is 124 Å². The van der Waals surface area contributed by atoms with Crippen molar-refractivity contribution in [3.63, 3.8) is 0 Å². The third kappa shape index (κ3) is 3.13. The molecule has 0 aliphatic carbocycles. The van der Waals surface area contributed by atoms with Gasteiger partial charge in [0, 0.05) is 17.7 Å². The fourth-order valence-corrected chi connectivity index (χ4v) is 2.03. The Hall–Kier alpha value is -2.39. The van der Waals surface area contributed by atoms with E-state index in [0.717, 1.165) is 0 Å². The monoisotopic (exact) mass is 330 g/mol. The summed E-state index contributed by atoms with van der Waals surface area (Å²) in [6.45, 7) is 0. The molecule has 20 heavy (non-hydrogen) atoms. The number of pyridine rings is 1. The predicted octanol–water partition coefficient (Wildman–Crippen LogP) is 3.01. The molecule has 1 aromatic heterocycles. The van der Waals surface area contributed by atoms with E-state index in [0.29, 0.717) is 27.1 Å². The van der Waals surface area contributed by atoms with Gasteiger partial charge in [0.2, 0.25) is 0 Å². The molecule has 0 aliphatic heterocycles. The first-order valence-electron chi connectivity index (χ1n) is 5.79. The molecular weight excluding hydrogens is 320 g/mol. The van der Waals surface area contributed by atoms with Crippen molar-refractivity contribution in [2.45, 2.75) is 0 Å². The third-order valence-electron chi connectivity index (χ3n) is 2.63. The summed E-state index contributed by atoms with van der Waals surface area (Å²) in [6.07, 6.45) is 1.50. The van der Waals surface area contributed by atoms with Crippen LogP contribution in [0, 0.1) is 11.3 Å². The van der Waals surface area contributed by atoms with E-state index in [9.17, 15) is 4.79 Å². The molecule has 2 aromatic rings. The standard InChI is InChI=1S/C14H11BrN4O/c1-17-13-5-3-10(8-18-13)14(20)19-12-4-2-9(7-16)6-11(12)15/h2-6,8H,1H3,(H,17,18)(H,19,20). The second-order valence-corrected chi connectivity index (χ2v) is 4.80. The normalized spacial score (nSPS) is 9.65. The molecule has 6 heteroatoms. The van der Waals surface area contributed by atoms with Gasteiger partial charge in [-0.05, 0) is 46.3 Å². The van der Waals surface area contributed by atoms with Crippen molar-refractivity contribution in [2.24, 2.45) is 0 Å². The van der Waals surface area contributed by atoms with Crippen LogP contribution < -0.4 is 10.6 Å². The summed E-state index contributed by atoms with van der Waals surface area (Å²) < 4.78 is 0.657. The predicted molar refractivity (Wildman–Crippen MR) is 80.6 cm³/mol. The van der Waals surface area contributed by atoms with Gasteiger partial charge in [0.05, 0.1) is 22.9 Å². The van der Waals surface area contributed by atoms with Gasteiger partial charge in [0.15, 0.2) is 0 Å². The van der Waals surface area contributed by atoms with Crippen molar-refractivity contribution in [3.05, 3.63) is 52.1 Å². The van der Waals surface area contributed by atoms with E-state index >= 15 is 0 Å². The lowest BCUT2D eigenvalue weighted by Gasteiger charge is -2.08. The lowest BCUT2D eigenvalue weighted by atomic mass is 10.2. The summed E-state index contributed by atoms with van der Waals surface area (Å²) in [4.78, 5) is 16.1. The Morgan fingerprint density at radius 2 is 2.15 bits per heavy atom. The lowest BCUT2D eigenvalue weighted by Crippen LogP contribution is -2.12. The van der Waals surface area contributed by atoms with Crippen LogP contribution in [0.25, 0.3) is 0 Å². The highest BCUT2D eigenvalue weighted by molar-refractivity contribution is 9.10. The van der Waals surface area contributed by atoms with Crippen molar-refractivity contribution in [1.82, 2.24) is 4.98 Å². The van der Waals surface area contributed by atoms with Crippen LogP contribution in [-0.4, -0.2) is 17.9 Å². The number of nitrogens with zero attached hydrogens (tertiary/aromatic N) is 2. The fraction of sp³-hybridized carbons (Fsp3) is 0.0714. The van der Waals surface area contributed by atoms with Crippen molar-refractivity contribution in [2.75, 3.05) is 17.7 Å². The molecule has 0 aliphatic rings. The molecule has 1 amide bonds. The minimum absolute atomic E-state index is 0.259. The maximum Gasteiger partial charge on any atom is 0.257 e. The van der Waals surface area contributed by atoms with Crippen molar-refractivity contribution < 1.29 is 4.79 Å². The molecule has 2 N–H and O–H groups in total. The number of carbonyl (C=O) groups excluding carboxylic acids is 1. The molecular formula is C14H11BrN4O. The summed E-state index contributed by atoms with van der Waals surface area (Å²) in [5, 5.41) is 14.4. The molecule has 2 rings (SSSR count). The Morgan fingerprint density at radius 3 is 2.70 bits per heavy atom. The van der Waals surface area contributed by atoms with Gasteiger partial charge < -0.3 is 10.6 Å². The average molecular weight is 331 g/mol. The molecule has 0 saturated carbocycles. The second-order valence-electron chi connectivity index (χ2n) is 3.94. The molecule has 0 bridgehead atoms. The highest BCUT2D eigenvalue weighted by atomic mass is 79.9. The number of nitriles is 1. The lowest BCUT2D eigenvalue weighted by molar-refractivity contribution is 0.102. The van der Waals surface area contributed by atoms with Gasteiger partial charge in [-0.15, -0.1) is 0 Å². The van der Waals surface area contributed by atoms with Gasteiger partial charge in [-0.3, -0.25) is 4.79 Å². The summed E-state index contributed by atoms with van der Waals surface area (Å²) in [7, 11) is 1.76. The Balaban J connectivity index is 2.17. The van der Waals surface area contributed by atoms with Gasteiger partial charge in [0.25, 0.3) is 5.91 Å². The molecule has 1 aromatic carbocycles. The summed E-state index contributed by atoms with van der Waals surface area (Å²) in [5.41, 5.74) is 1.59. The maximum absolute atomic E-state index is 12.1. The molecule has 0 radical (unpaired) electrons. The van der Waals surface area contributed by atoms with E-state index in [1.807, 2.05) is 6.07 Å². The summed E-state index contributed by atoms with van der Waals surface area (Å²) >= 11 is 3.32. The zero-order valence-electron chi connectivity index (χ0n) is 10.6. The van der Waals surface area contributed by atoms with E-state index in [4.69, 9.17) is 5.26 Å². The quantitative estimate of drug-likeness (QED) is 0.906. The molecule has 1 heterocycles. The number of hydrogen-bond acceptors (Lipinski definition) is 4. The largest absolute Gasteiger partial charge is 0.373 e. The number of rotatable bonds is 3. The SMILES string of the molecule is CNc1ccc(C(=O)Nc2ccc(C#N)cc2Br)cn1. The Morgan fingerprint density at radius 1 is 1.35 bits per heavy atom. The fourth-order valence-electron chi connectivity index (χ4n) is 1.56. The van der Waals surface area contributed by atoms with Crippen LogP contribution in [-0.2, 0) is 0 Å². The summed E-state index contributed by atoms with van der Waals surface area (Å²) in [6, 6.07) is 10.4. The average Bonchev–Trinajstić information content (AvgIpc) is 2.49. The Kier molecular flexibility index (Phi) is 4.33. The van der Waals surface area contributed by atoms with Crippen LogP contribution in [0.15, 0.2) is 41.0 Å². The first-order chi connectivity index (χ1) is 9.63. The molecule has 0 saturated heterocycles. The van der Waals surface area contributed by atoms with E-state index < -0.39 is 0 Å². The van der Waals surface area contributed by atoms with Crippen LogP contribution in [0.2, 0.25) is 0 Å². The zero-order valence-corrected chi connectivity index (χ0v) is 12.2. The molecule has 0 unspecified atom stereocenters. The van der Waals surface area contributed by atoms with Crippen molar-refractivity contribution in [1.29, 1.82) is 5.26 Å². The van der Waals surface area contributed by atoms with Crippen LogP contribution >= 0.6 is 15.9 Å². The first kappa shape index (κ1) is 14.0. The van der Waals surface area contributed by atoms with Crippen LogP contribution in [0.5, 0.6) is 0 Å². The molecule has 5 nitrogen and oxygen atoms in total. The van der Waals surface area contributed by atoms with Crippen LogP contribution in [0.4, 0.5) is 11.5 Å². The van der Waals surface area contributed by atoms with Gasteiger partial charge in [-0.2, -0.15) is 5.26 Å². The summed E-state index contributed by atoms with van der Waals surface area (Å²) in [5.74, 6) is 0.437. The van der Waals surface area contributed by atoms with Gasteiger partial charge >= 0.3 is 0 Å². The number of nitrogens with one attached hydrogen (secondary N) is 2. The topological polar surface area (TPSA) is 77.8 Å². The third-order valence-corrected chi connectivity index (χ3v) is 3.28. The number of halogens is 1. The minimum atomic E-state index is -0.259. The molecule has 100 valence electrons. The number of hydrogen-bond donors (Lipinski definition) is 2. The first-order valence-corrected chi connectivity index (χ1v) is 6.58. The smallest absolute Gasteiger partial charge is 0.257 e. The van der Waals surface area contributed by atoms with Gasteiger partial charge in [0.1, 0.15) is 5.82 Å². The number of aromatic nitrogens is 1. The van der Waals surface area contributed by atoms with E-state index in [1.165, 1.54) is 6.20 Å². The molecule has 0 spiro atoms. The number of benzene rings is 1. The number of carbonyl (C=O) groups is 1. The minimum Gasteiger partial charge on any atom is -0.373 e. The van der Waals surface area contributed by atoms with E-state index in [-0.39, 0.29) is 5.91 Å². The Bertz CT molecular complexity index is 677. The number of anilines is 2. The van der Waals surface area contributed by atoms with Crippen molar-refractivity contribution >= 4 is 33.3 Å². The van der Waals surface area contributed by atoms with Crippen LogP contribution in [0.1, 0.15) is 15.9 Å².